The largest absolute Gasteiger partial charge is 0.493 e. The Hall–Kier alpha value is -7.06. The van der Waals surface area contributed by atoms with Crippen molar-refractivity contribution in [2.75, 3.05) is 14.2 Å². The number of para-hydroxylation sites is 14. The van der Waals surface area contributed by atoms with Gasteiger partial charge in [-0.3, -0.25) is 0 Å². The summed E-state index contributed by atoms with van der Waals surface area (Å²) in [6, 6.07) is 51.9. The predicted octanol–water partition coefficient (Wildman–Crippen LogP) is 12.5. The van der Waals surface area contributed by atoms with Crippen LogP contribution in [0, 0.1) is 0 Å². The lowest BCUT2D eigenvalue weighted by Crippen LogP contribution is -1.96. The number of ether oxygens (including phenoxy) is 8. The van der Waals surface area contributed by atoms with Gasteiger partial charge >= 0.3 is 0 Å². The lowest BCUT2D eigenvalue weighted by Gasteiger charge is -2.18. The van der Waals surface area contributed by atoms with Crippen LogP contribution in [0.3, 0.4) is 0 Å². The number of hydrogen-bond donors (Lipinski definition) is 0. The van der Waals surface area contributed by atoms with E-state index in [0.29, 0.717) is 80.5 Å². The highest BCUT2D eigenvalue weighted by atomic mass is 16.6. The van der Waals surface area contributed by atoms with Crippen LogP contribution in [0.25, 0.3) is 0 Å². The van der Waals surface area contributed by atoms with Gasteiger partial charge in [-0.25, -0.2) is 0 Å². The third-order valence-electron chi connectivity index (χ3n) is 7.70. The Kier molecular flexibility index (Phi) is 10.4. The minimum absolute atomic E-state index is 0.465. The SMILES string of the molecule is COc1ccccc1Oc1ccccc1Oc1ccccc1Oc1ccccc1Oc1ccccc1Oc1ccccc1Oc1ccccc1OC. The van der Waals surface area contributed by atoms with Gasteiger partial charge in [-0.15, -0.1) is 0 Å². The van der Waals surface area contributed by atoms with Gasteiger partial charge in [0.2, 0.25) is 0 Å². The molecule has 8 heteroatoms. The maximum Gasteiger partial charge on any atom is 0.170 e. The lowest BCUT2D eigenvalue weighted by molar-refractivity contribution is 0.358. The Balaban J connectivity index is 1.12. The fourth-order valence-electron chi connectivity index (χ4n) is 5.21. The first-order valence-electron chi connectivity index (χ1n) is 16.5. The van der Waals surface area contributed by atoms with Crippen LogP contribution in [0.2, 0.25) is 0 Å². The Morgan fingerprint density at radius 3 is 0.442 bits per heavy atom. The van der Waals surface area contributed by atoms with Crippen LogP contribution in [0.15, 0.2) is 170 Å². The van der Waals surface area contributed by atoms with Crippen LogP contribution < -0.4 is 37.9 Å². The van der Waals surface area contributed by atoms with E-state index in [-0.39, 0.29) is 0 Å². The molecular weight excluding hydrogens is 656 g/mol. The molecule has 0 saturated heterocycles. The minimum atomic E-state index is 0.465. The predicted molar refractivity (Wildman–Crippen MR) is 199 cm³/mol. The van der Waals surface area contributed by atoms with Gasteiger partial charge in [0.05, 0.1) is 14.2 Å². The van der Waals surface area contributed by atoms with E-state index in [9.17, 15) is 0 Å². The van der Waals surface area contributed by atoms with E-state index in [1.165, 1.54) is 0 Å². The summed E-state index contributed by atoms with van der Waals surface area (Å²) in [4.78, 5) is 0. The summed E-state index contributed by atoms with van der Waals surface area (Å²) >= 11 is 0. The molecule has 8 nitrogen and oxygen atoms in total. The molecule has 0 aromatic heterocycles. The molecule has 0 fully saturated rings. The van der Waals surface area contributed by atoms with Crippen molar-refractivity contribution in [3.8, 4) is 80.5 Å². The summed E-state index contributed by atoms with van der Waals surface area (Å²) in [5.41, 5.74) is 0. The molecule has 0 aliphatic heterocycles. The first-order valence-corrected chi connectivity index (χ1v) is 16.5. The van der Waals surface area contributed by atoms with E-state index in [1.807, 2.05) is 170 Å². The highest BCUT2D eigenvalue weighted by molar-refractivity contribution is 5.55. The number of methoxy groups -OCH3 is 2. The van der Waals surface area contributed by atoms with Gasteiger partial charge in [-0.2, -0.15) is 0 Å². The average molecular weight is 691 g/mol. The van der Waals surface area contributed by atoms with E-state index in [0.717, 1.165) is 0 Å². The zero-order valence-electron chi connectivity index (χ0n) is 28.4. The first-order chi connectivity index (χ1) is 25.7. The molecule has 7 rings (SSSR count). The zero-order chi connectivity index (χ0) is 35.5. The topological polar surface area (TPSA) is 73.8 Å². The lowest BCUT2D eigenvalue weighted by atomic mass is 10.2. The highest BCUT2D eigenvalue weighted by Gasteiger charge is 2.17. The minimum Gasteiger partial charge on any atom is -0.493 e. The van der Waals surface area contributed by atoms with Gasteiger partial charge in [0.1, 0.15) is 0 Å². The molecule has 0 saturated carbocycles. The molecule has 0 unspecified atom stereocenters. The summed E-state index contributed by atoms with van der Waals surface area (Å²) in [6.45, 7) is 0. The van der Waals surface area contributed by atoms with Crippen molar-refractivity contribution >= 4 is 0 Å². The normalized spacial score (nSPS) is 10.5. The fraction of sp³-hybridized carbons (Fsp3) is 0.0455. The van der Waals surface area contributed by atoms with Crippen molar-refractivity contribution in [2.45, 2.75) is 0 Å². The first kappa shape index (κ1) is 33.4. The molecule has 52 heavy (non-hydrogen) atoms. The summed E-state index contributed by atoms with van der Waals surface area (Å²) in [6.07, 6.45) is 0. The van der Waals surface area contributed by atoms with Crippen molar-refractivity contribution < 1.29 is 37.9 Å². The van der Waals surface area contributed by atoms with Gasteiger partial charge in [-0.05, 0) is 84.9 Å². The van der Waals surface area contributed by atoms with E-state index in [2.05, 4.69) is 0 Å². The van der Waals surface area contributed by atoms with Crippen LogP contribution >= 0.6 is 0 Å². The van der Waals surface area contributed by atoms with Gasteiger partial charge < -0.3 is 37.9 Å². The van der Waals surface area contributed by atoms with Crippen LogP contribution in [0.5, 0.6) is 80.5 Å². The zero-order valence-corrected chi connectivity index (χ0v) is 28.4. The standard InChI is InChI=1S/C44H34O8/c1-45-31-17-3-5-19-33(31)47-35-21-7-9-23-37(35)49-39-25-11-13-27-41(39)51-43-29-15-16-30-44(43)52-42-28-14-12-26-40(42)50-38-24-10-8-22-36(38)48-34-20-6-4-18-32(34)46-2/h3-30H,1-2H3. The maximum atomic E-state index is 6.46. The van der Waals surface area contributed by atoms with Gasteiger partial charge in [0.25, 0.3) is 0 Å². The Morgan fingerprint density at radius 1 is 0.192 bits per heavy atom. The number of hydrogen-bond acceptors (Lipinski definition) is 8. The summed E-state index contributed by atoms with van der Waals surface area (Å²) in [5.74, 6) is 7.17. The van der Waals surface area contributed by atoms with Crippen molar-refractivity contribution in [3.63, 3.8) is 0 Å². The van der Waals surface area contributed by atoms with E-state index in [4.69, 9.17) is 37.9 Å². The molecule has 0 heterocycles. The molecule has 0 atom stereocenters. The molecule has 0 spiro atoms. The molecule has 0 aliphatic rings. The van der Waals surface area contributed by atoms with Crippen LogP contribution in [-0.2, 0) is 0 Å². The summed E-state index contributed by atoms with van der Waals surface area (Å²) in [5, 5.41) is 0. The molecule has 7 aromatic carbocycles. The number of rotatable bonds is 14. The summed E-state index contributed by atoms with van der Waals surface area (Å²) in [7, 11) is 3.20. The second kappa shape index (κ2) is 16.1. The quantitative estimate of drug-likeness (QED) is 0.112. The second-order valence-electron chi connectivity index (χ2n) is 11.1. The smallest absolute Gasteiger partial charge is 0.170 e. The van der Waals surface area contributed by atoms with Crippen molar-refractivity contribution in [1.29, 1.82) is 0 Å². The Labute approximate surface area is 301 Å². The molecular formula is C44H34O8. The van der Waals surface area contributed by atoms with E-state index >= 15 is 0 Å². The van der Waals surface area contributed by atoms with Crippen LogP contribution in [0.1, 0.15) is 0 Å². The molecule has 0 radical (unpaired) electrons. The highest BCUT2D eigenvalue weighted by Crippen LogP contribution is 2.45. The van der Waals surface area contributed by atoms with Gasteiger partial charge in [-0.1, -0.05) is 84.9 Å². The third-order valence-corrected chi connectivity index (χ3v) is 7.70. The molecule has 0 N–H and O–H groups in total. The molecule has 0 bridgehead atoms. The second-order valence-corrected chi connectivity index (χ2v) is 11.1. The van der Waals surface area contributed by atoms with E-state index < -0.39 is 0 Å². The van der Waals surface area contributed by atoms with Gasteiger partial charge in [0.15, 0.2) is 80.5 Å². The van der Waals surface area contributed by atoms with E-state index in [1.54, 1.807) is 14.2 Å². The maximum absolute atomic E-state index is 6.46. The van der Waals surface area contributed by atoms with Crippen molar-refractivity contribution in [3.05, 3.63) is 170 Å². The summed E-state index contributed by atoms with van der Waals surface area (Å²) < 4.78 is 49.1. The average Bonchev–Trinajstić information content (AvgIpc) is 3.19. The monoisotopic (exact) mass is 690 g/mol. The van der Waals surface area contributed by atoms with Crippen LogP contribution in [0.4, 0.5) is 0 Å². The fourth-order valence-corrected chi connectivity index (χ4v) is 5.21. The van der Waals surface area contributed by atoms with Crippen molar-refractivity contribution in [2.24, 2.45) is 0 Å². The Morgan fingerprint density at radius 2 is 0.308 bits per heavy atom. The molecule has 0 amide bonds. The molecule has 7 aromatic rings. The van der Waals surface area contributed by atoms with Gasteiger partial charge in [0, 0.05) is 0 Å². The van der Waals surface area contributed by atoms with Crippen molar-refractivity contribution in [1.82, 2.24) is 0 Å². The van der Waals surface area contributed by atoms with Crippen LogP contribution in [-0.4, -0.2) is 14.2 Å². The molecule has 0 aliphatic carbocycles. The Bertz CT molecular complexity index is 2110. The number of benzene rings is 7. The third kappa shape index (κ3) is 7.87. The molecule has 258 valence electrons.